The summed E-state index contributed by atoms with van der Waals surface area (Å²) in [6.45, 7) is 2.46. The average Bonchev–Trinajstić information content (AvgIpc) is 2.70. The van der Waals surface area contributed by atoms with E-state index in [0.29, 0.717) is 12.5 Å². The highest BCUT2D eigenvalue weighted by molar-refractivity contribution is 5.79. The quantitative estimate of drug-likeness (QED) is 0.669. The summed E-state index contributed by atoms with van der Waals surface area (Å²) in [6, 6.07) is -0.823. The zero-order valence-corrected chi connectivity index (χ0v) is 11.8. The number of hydrogen-bond acceptors (Lipinski definition) is 4. The van der Waals surface area contributed by atoms with Crippen LogP contribution in [0.3, 0.4) is 0 Å². The first kappa shape index (κ1) is 15.1. The van der Waals surface area contributed by atoms with Gasteiger partial charge in [-0.05, 0) is 25.7 Å². The van der Waals surface area contributed by atoms with Crippen LogP contribution in [0.5, 0.6) is 0 Å². The maximum Gasteiger partial charge on any atom is 0.317 e. The Hall–Kier alpha value is -1.34. The van der Waals surface area contributed by atoms with Gasteiger partial charge in [-0.1, -0.05) is 0 Å². The van der Waals surface area contributed by atoms with Gasteiger partial charge in [0.2, 0.25) is 0 Å². The molecule has 0 bridgehead atoms. The third-order valence-corrected chi connectivity index (χ3v) is 4.33. The van der Waals surface area contributed by atoms with Gasteiger partial charge in [-0.25, -0.2) is 4.79 Å². The lowest BCUT2D eigenvalue weighted by atomic mass is 9.82. The predicted octanol–water partition coefficient (Wildman–Crippen LogP) is -0.112. The van der Waals surface area contributed by atoms with Gasteiger partial charge in [-0.15, -0.1) is 0 Å². The average molecular weight is 286 g/mol. The van der Waals surface area contributed by atoms with Crippen LogP contribution in [0, 0.1) is 11.3 Å². The number of ether oxygens (including phenoxy) is 1. The summed E-state index contributed by atoms with van der Waals surface area (Å²) in [7, 11) is 1.67. The van der Waals surface area contributed by atoms with E-state index in [0.717, 1.165) is 12.8 Å². The van der Waals surface area contributed by atoms with E-state index in [1.807, 2.05) is 0 Å². The molecule has 3 N–H and O–H groups in total. The SMILES string of the molecule is CN(CC1CC(O)C1)C(=O)NC1COCC1(C)C(=O)O. The smallest absolute Gasteiger partial charge is 0.317 e. The van der Waals surface area contributed by atoms with Crippen molar-refractivity contribution < 1.29 is 24.5 Å². The second-order valence-electron chi connectivity index (χ2n) is 6.11. The lowest BCUT2D eigenvalue weighted by molar-refractivity contribution is -0.148. The number of hydrogen-bond donors (Lipinski definition) is 3. The highest BCUT2D eigenvalue weighted by atomic mass is 16.5. The molecule has 0 aromatic rings. The summed E-state index contributed by atoms with van der Waals surface area (Å²) < 4.78 is 5.20. The number of aliphatic hydroxyl groups excluding tert-OH is 1. The van der Waals surface area contributed by atoms with Crippen molar-refractivity contribution in [2.45, 2.75) is 31.9 Å². The Labute approximate surface area is 117 Å². The molecule has 2 aliphatic rings. The summed E-state index contributed by atoms with van der Waals surface area (Å²) in [4.78, 5) is 24.9. The van der Waals surface area contributed by atoms with Crippen LogP contribution in [0.4, 0.5) is 4.79 Å². The number of aliphatic hydroxyl groups is 1. The first-order valence-corrected chi connectivity index (χ1v) is 6.83. The fourth-order valence-electron chi connectivity index (χ4n) is 2.66. The molecule has 7 nitrogen and oxygen atoms in total. The Balaban J connectivity index is 1.85. The van der Waals surface area contributed by atoms with Crippen molar-refractivity contribution in [3.8, 4) is 0 Å². The summed E-state index contributed by atoms with van der Waals surface area (Å²) in [5.74, 6) is -0.642. The van der Waals surface area contributed by atoms with Gasteiger partial charge in [0, 0.05) is 13.6 Å². The molecule has 0 aromatic carbocycles. The van der Waals surface area contributed by atoms with Crippen molar-refractivity contribution in [3.05, 3.63) is 0 Å². The molecule has 114 valence electrons. The molecule has 1 heterocycles. The number of carbonyl (C=O) groups excluding carboxylic acids is 1. The monoisotopic (exact) mass is 286 g/mol. The molecule has 0 radical (unpaired) electrons. The Morgan fingerprint density at radius 3 is 2.65 bits per heavy atom. The molecule has 2 amide bonds. The van der Waals surface area contributed by atoms with E-state index in [4.69, 9.17) is 4.74 Å². The van der Waals surface area contributed by atoms with Crippen LogP contribution in [0.1, 0.15) is 19.8 Å². The molecule has 2 rings (SSSR count). The van der Waals surface area contributed by atoms with Crippen molar-refractivity contribution in [1.29, 1.82) is 0 Å². The minimum atomic E-state index is -1.08. The molecule has 20 heavy (non-hydrogen) atoms. The Kier molecular flexibility index (Phi) is 4.19. The third-order valence-electron chi connectivity index (χ3n) is 4.33. The van der Waals surface area contributed by atoms with E-state index in [2.05, 4.69) is 5.32 Å². The lowest BCUT2D eigenvalue weighted by Gasteiger charge is -2.35. The zero-order chi connectivity index (χ0) is 14.9. The minimum absolute atomic E-state index is 0.103. The van der Waals surface area contributed by atoms with Crippen molar-refractivity contribution >= 4 is 12.0 Å². The molecule has 0 aromatic heterocycles. The Bertz CT molecular complexity index is 396. The molecular weight excluding hydrogens is 264 g/mol. The first-order valence-electron chi connectivity index (χ1n) is 6.83. The molecule has 2 fully saturated rings. The number of carbonyl (C=O) groups is 2. The number of nitrogens with zero attached hydrogens (tertiary/aromatic N) is 1. The second-order valence-corrected chi connectivity index (χ2v) is 6.11. The van der Waals surface area contributed by atoms with Crippen molar-refractivity contribution in [3.63, 3.8) is 0 Å². The molecular formula is C13H22N2O5. The summed E-state index contributed by atoms with van der Waals surface area (Å²) in [5.41, 5.74) is -1.08. The van der Waals surface area contributed by atoms with Crippen LogP contribution >= 0.6 is 0 Å². The van der Waals surface area contributed by atoms with Crippen LogP contribution in [-0.2, 0) is 9.53 Å². The minimum Gasteiger partial charge on any atom is -0.481 e. The number of carboxylic acids is 1. The van der Waals surface area contributed by atoms with Crippen LogP contribution in [0.25, 0.3) is 0 Å². The van der Waals surface area contributed by atoms with Gasteiger partial charge < -0.3 is 25.2 Å². The number of aliphatic carboxylic acids is 1. The van der Waals surface area contributed by atoms with Crippen molar-refractivity contribution in [2.24, 2.45) is 11.3 Å². The summed E-state index contributed by atoms with van der Waals surface area (Å²) >= 11 is 0. The van der Waals surface area contributed by atoms with Gasteiger partial charge in [-0.2, -0.15) is 0 Å². The molecule has 2 unspecified atom stereocenters. The summed E-state index contributed by atoms with van der Waals surface area (Å²) in [5, 5.41) is 21.2. The van der Waals surface area contributed by atoms with Crippen LogP contribution < -0.4 is 5.32 Å². The zero-order valence-electron chi connectivity index (χ0n) is 11.8. The molecule has 0 spiro atoms. The fourth-order valence-corrected chi connectivity index (χ4v) is 2.66. The van der Waals surface area contributed by atoms with E-state index in [-0.39, 0.29) is 25.3 Å². The number of carboxylic acid groups (broad SMARTS) is 1. The maximum atomic E-state index is 12.1. The maximum absolute atomic E-state index is 12.1. The normalized spacial score (nSPS) is 36.2. The number of amides is 2. The number of urea groups is 1. The van der Waals surface area contributed by atoms with Gasteiger partial charge in [0.25, 0.3) is 0 Å². The third kappa shape index (κ3) is 2.88. The Morgan fingerprint density at radius 1 is 1.45 bits per heavy atom. The van der Waals surface area contributed by atoms with E-state index in [9.17, 15) is 19.8 Å². The molecule has 2 atom stereocenters. The van der Waals surface area contributed by atoms with Gasteiger partial charge in [0.05, 0.1) is 25.4 Å². The van der Waals surface area contributed by atoms with Crippen LogP contribution in [-0.4, -0.2) is 66.1 Å². The van der Waals surface area contributed by atoms with Crippen LogP contribution in [0.15, 0.2) is 0 Å². The first-order chi connectivity index (χ1) is 9.33. The van der Waals surface area contributed by atoms with Crippen molar-refractivity contribution in [1.82, 2.24) is 10.2 Å². The van der Waals surface area contributed by atoms with Gasteiger partial charge >= 0.3 is 12.0 Å². The second kappa shape index (κ2) is 5.57. The highest BCUT2D eigenvalue weighted by Gasteiger charge is 2.47. The topological polar surface area (TPSA) is 99.1 Å². The number of rotatable bonds is 4. The number of nitrogens with one attached hydrogen (secondary N) is 1. The molecule has 1 aliphatic carbocycles. The highest BCUT2D eigenvalue weighted by Crippen LogP contribution is 2.30. The van der Waals surface area contributed by atoms with E-state index in [1.54, 1.807) is 14.0 Å². The molecule has 1 aliphatic heterocycles. The van der Waals surface area contributed by atoms with Gasteiger partial charge in [-0.3, -0.25) is 4.79 Å². The van der Waals surface area contributed by atoms with Gasteiger partial charge in [0.1, 0.15) is 5.41 Å². The largest absolute Gasteiger partial charge is 0.481 e. The Morgan fingerprint density at radius 2 is 2.10 bits per heavy atom. The van der Waals surface area contributed by atoms with E-state index in [1.165, 1.54) is 4.90 Å². The van der Waals surface area contributed by atoms with Crippen LogP contribution in [0.2, 0.25) is 0 Å². The molecule has 1 saturated carbocycles. The lowest BCUT2D eigenvalue weighted by Crippen LogP contribution is -2.53. The molecule has 7 heteroatoms. The van der Waals surface area contributed by atoms with Gasteiger partial charge in [0.15, 0.2) is 0 Å². The van der Waals surface area contributed by atoms with E-state index >= 15 is 0 Å². The standard InChI is InChI=1S/C13H22N2O5/c1-13(11(17)18)7-20-6-10(13)14-12(19)15(2)5-8-3-9(16)4-8/h8-10,16H,3-7H2,1-2H3,(H,14,19)(H,17,18). The molecule has 1 saturated heterocycles. The fraction of sp³-hybridized carbons (Fsp3) is 0.846. The predicted molar refractivity (Wildman–Crippen MR) is 70.2 cm³/mol. The van der Waals surface area contributed by atoms with Crippen molar-refractivity contribution in [2.75, 3.05) is 26.8 Å². The van der Waals surface area contributed by atoms with E-state index < -0.39 is 17.4 Å². The summed E-state index contributed by atoms with van der Waals surface area (Å²) in [6.07, 6.45) is 1.20.